The van der Waals surface area contributed by atoms with Crippen LogP contribution >= 0.6 is 11.8 Å². The van der Waals surface area contributed by atoms with Gasteiger partial charge in [0.2, 0.25) is 5.91 Å². The van der Waals surface area contributed by atoms with Gasteiger partial charge >= 0.3 is 0 Å². The van der Waals surface area contributed by atoms with Gasteiger partial charge in [-0.3, -0.25) is 9.69 Å². The minimum atomic E-state index is -0.264. The summed E-state index contributed by atoms with van der Waals surface area (Å²) < 4.78 is 6.00. The third kappa shape index (κ3) is 4.78. The molecule has 1 fully saturated rings. The number of hydrogen-bond acceptors (Lipinski definition) is 5. The lowest BCUT2D eigenvalue weighted by Gasteiger charge is -2.42. The lowest BCUT2D eigenvalue weighted by atomic mass is 9.86. The van der Waals surface area contributed by atoms with Gasteiger partial charge in [-0.1, -0.05) is 60.3 Å². The van der Waals surface area contributed by atoms with Gasteiger partial charge in [-0.05, 0) is 60.4 Å². The van der Waals surface area contributed by atoms with Crippen LogP contribution in [-0.2, 0) is 11.4 Å². The van der Waals surface area contributed by atoms with Crippen LogP contribution in [-0.4, -0.2) is 23.4 Å². The molecule has 3 aromatic rings. The third-order valence-electron chi connectivity index (χ3n) is 6.66. The van der Waals surface area contributed by atoms with Gasteiger partial charge in [0.05, 0.1) is 29.2 Å². The number of allylic oxidation sites excluding steroid dienone is 1. The molecule has 176 valence electrons. The Bertz CT molecular complexity index is 1330. The molecule has 0 saturated carbocycles. The van der Waals surface area contributed by atoms with Crippen LogP contribution in [0.15, 0.2) is 83.4 Å². The Kier molecular flexibility index (Phi) is 6.52. The minimum absolute atomic E-state index is 0.0423. The highest BCUT2D eigenvalue weighted by molar-refractivity contribution is 8.03. The highest BCUT2D eigenvalue weighted by atomic mass is 32.2. The number of benzene rings is 3. The second-order valence-corrected chi connectivity index (χ2v) is 9.91. The summed E-state index contributed by atoms with van der Waals surface area (Å²) in [6.07, 6.45) is 0.274. The highest BCUT2D eigenvalue weighted by Gasteiger charge is 2.38. The van der Waals surface area contributed by atoms with Gasteiger partial charge in [0.25, 0.3) is 0 Å². The van der Waals surface area contributed by atoms with Gasteiger partial charge < -0.3 is 9.64 Å². The smallest absolute Gasteiger partial charge is 0.229 e. The number of rotatable bonds is 5. The van der Waals surface area contributed by atoms with E-state index in [1.165, 1.54) is 11.1 Å². The summed E-state index contributed by atoms with van der Waals surface area (Å²) in [4.78, 5) is 17.2. The summed E-state index contributed by atoms with van der Waals surface area (Å²) in [6.45, 7) is 5.13. The lowest BCUT2D eigenvalue weighted by Crippen LogP contribution is -2.47. The predicted molar refractivity (Wildman–Crippen MR) is 140 cm³/mol. The molecule has 1 amide bonds. The SMILES string of the molecule is Cc1ccc(N2CSC3=C(C#N)C(c4cccc(OCc5ccccc5)c4)CC(=O)N3C2)cc1C. The number of aryl methyl sites for hydroxylation is 2. The maximum atomic E-state index is 13.3. The zero-order chi connectivity index (χ0) is 24.4. The second kappa shape index (κ2) is 9.89. The normalized spacial score (nSPS) is 17.7. The Morgan fingerprint density at radius 2 is 1.86 bits per heavy atom. The van der Waals surface area contributed by atoms with E-state index in [1.807, 2.05) is 54.6 Å². The van der Waals surface area contributed by atoms with Crippen LogP contribution in [0.2, 0.25) is 0 Å². The van der Waals surface area contributed by atoms with Crippen molar-refractivity contribution in [2.45, 2.75) is 32.8 Å². The number of carbonyl (C=O) groups excluding carboxylic acids is 1. The number of amides is 1. The number of nitriles is 1. The van der Waals surface area contributed by atoms with Gasteiger partial charge in [-0.25, -0.2) is 0 Å². The van der Waals surface area contributed by atoms with Crippen molar-refractivity contribution in [3.63, 3.8) is 0 Å². The molecule has 5 nitrogen and oxygen atoms in total. The van der Waals surface area contributed by atoms with E-state index in [-0.39, 0.29) is 18.2 Å². The zero-order valence-electron chi connectivity index (χ0n) is 19.9. The number of nitrogens with zero attached hydrogens (tertiary/aromatic N) is 3. The van der Waals surface area contributed by atoms with E-state index in [9.17, 15) is 10.1 Å². The van der Waals surface area contributed by atoms with Crippen LogP contribution in [0, 0.1) is 25.2 Å². The molecule has 0 spiro atoms. The molecular weight excluding hydrogens is 454 g/mol. The molecular formula is C29H27N3O2S. The average Bonchev–Trinajstić information content (AvgIpc) is 2.89. The standard InChI is InChI=1S/C29H27N3O2S/c1-20-11-12-24(13-21(20)2)31-18-32-28(33)15-26(27(16-30)29(32)35-19-31)23-9-6-10-25(14-23)34-17-22-7-4-3-5-8-22/h3-14,26H,15,17-19H2,1-2H3. The summed E-state index contributed by atoms with van der Waals surface area (Å²) in [6, 6.07) is 26.6. The Morgan fingerprint density at radius 3 is 2.63 bits per heavy atom. The maximum Gasteiger partial charge on any atom is 0.229 e. The molecule has 1 atom stereocenters. The maximum absolute atomic E-state index is 13.3. The van der Waals surface area contributed by atoms with Crippen molar-refractivity contribution in [1.82, 2.24) is 4.90 Å². The van der Waals surface area contributed by atoms with Crippen molar-refractivity contribution in [2.75, 3.05) is 17.4 Å². The summed E-state index contributed by atoms with van der Waals surface area (Å²) in [5.74, 6) is 1.21. The van der Waals surface area contributed by atoms with E-state index < -0.39 is 0 Å². The van der Waals surface area contributed by atoms with E-state index in [2.05, 4.69) is 43.0 Å². The Morgan fingerprint density at radius 1 is 1.03 bits per heavy atom. The Balaban J connectivity index is 1.38. The molecule has 6 heteroatoms. The van der Waals surface area contributed by atoms with E-state index >= 15 is 0 Å². The quantitative estimate of drug-likeness (QED) is 0.441. The fourth-order valence-electron chi connectivity index (χ4n) is 4.49. The number of fused-ring (bicyclic) bond motifs is 1. The summed E-state index contributed by atoms with van der Waals surface area (Å²) in [5, 5.41) is 10.9. The number of ether oxygens (including phenoxy) is 1. The number of carbonyl (C=O) groups is 1. The van der Waals surface area contributed by atoms with Gasteiger partial charge in [0.1, 0.15) is 12.4 Å². The first-order chi connectivity index (χ1) is 17.0. The van der Waals surface area contributed by atoms with Crippen molar-refractivity contribution in [2.24, 2.45) is 0 Å². The van der Waals surface area contributed by atoms with Crippen LogP contribution in [0.3, 0.4) is 0 Å². The topological polar surface area (TPSA) is 56.6 Å². The molecule has 35 heavy (non-hydrogen) atoms. The number of thioether (sulfide) groups is 1. The van der Waals surface area contributed by atoms with Crippen LogP contribution in [0.25, 0.3) is 0 Å². The van der Waals surface area contributed by atoms with Gasteiger partial charge in [0, 0.05) is 18.0 Å². The predicted octanol–water partition coefficient (Wildman–Crippen LogP) is 6.10. The Hall–Kier alpha value is -3.69. The molecule has 0 radical (unpaired) electrons. The fourth-order valence-corrected chi connectivity index (χ4v) is 5.66. The van der Waals surface area contributed by atoms with E-state index in [4.69, 9.17) is 4.74 Å². The van der Waals surface area contributed by atoms with Crippen LogP contribution < -0.4 is 9.64 Å². The second-order valence-electron chi connectivity index (χ2n) is 8.98. The van der Waals surface area contributed by atoms with Crippen LogP contribution in [0.4, 0.5) is 5.69 Å². The van der Waals surface area contributed by atoms with Crippen molar-refractivity contribution >= 4 is 23.4 Å². The van der Waals surface area contributed by atoms with Gasteiger partial charge in [-0.15, -0.1) is 0 Å². The molecule has 0 N–H and O–H groups in total. The molecule has 1 unspecified atom stereocenters. The first-order valence-corrected chi connectivity index (χ1v) is 12.7. The average molecular weight is 482 g/mol. The van der Waals surface area contributed by atoms with E-state index in [0.717, 1.165) is 27.6 Å². The molecule has 1 saturated heterocycles. The van der Waals surface area contributed by atoms with E-state index in [1.54, 1.807) is 16.7 Å². The zero-order valence-corrected chi connectivity index (χ0v) is 20.7. The van der Waals surface area contributed by atoms with Crippen LogP contribution in [0.1, 0.15) is 34.6 Å². The summed E-state index contributed by atoms with van der Waals surface area (Å²) in [7, 11) is 0. The van der Waals surface area contributed by atoms with Crippen LogP contribution in [0.5, 0.6) is 5.75 Å². The highest BCUT2D eigenvalue weighted by Crippen LogP contribution is 2.43. The largest absolute Gasteiger partial charge is 0.489 e. The van der Waals surface area contributed by atoms with E-state index in [0.29, 0.717) is 24.7 Å². The summed E-state index contributed by atoms with van der Waals surface area (Å²) >= 11 is 1.56. The minimum Gasteiger partial charge on any atom is -0.489 e. The monoisotopic (exact) mass is 481 g/mol. The third-order valence-corrected chi connectivity index (χ3v) is 7.81. The molecule has 0 aliphatic carbocycles. The lowest BCUT2D eigenvalue weighted by molar-refractivity contribution is -0.129. The van der Waals surface area contributed by atoms with Crippen molar-refractivity contribution in [1.29, 1.82) is 5.26 Å². The first-order valence-electron chi connectivity index (χ1n) is 11.7. The fraction of sp³-hybridized carbons (Fsp3) is 0.241. The number of anilines is 1. The molecule has 2 aliphatic heterocycles. The first kappa shape index (κ1) is 23.1. The molecule has 0 bridgehead atoms. The molecule has 2 heterocycles. The molecule has 5 rings (SSSR count). The molecule has 0 aromatic heterocycles. The summed E-state index contributed by atoms with van der Waals surface area (Å²) in [5.41, 5.74) is 6.26. The Labute approximate surface area is 210 Å². The van der Waals surface area contributed by atoms with Gasteiger partial charge in [0.15, 0.2) is 0 Å². The van der Waals surface area contributed by atoms with Gasteiger partial charge in [-0.2, -0.15) is 5.26 Å². The molecule has 2 aliphatic rings. The van der Waals surface area contributed by atoms with Crippen molar-refractivity contribution in [3.8, 4) is 11.8 Å². The molecule has 3 aromatic carbocycles. The number of hydrogen-bond donors (Lipinski definition) is 0. The van der Waals surface area contributed by atoms with Crippen molar-refractivity contribution < 1.29 is 9.53 Å². The van der Waals surface area contributed by atoms with Crippen molar-refractivity contribution in [3.05, 3.63) is 106 Å².